The first-order valence-corrected chi connectivity index (χ1v) is 4.58. The lowest BCUT2D eigenvalue weighted by molar-refractivity contribution is 0.369. The zero-order valence-electron chi connectivity index (χ0n) is 8.37. The predicted octanol–water partition coefficient (Wildman–Crippen LogP) is 2.20. The highest BCUT2D eigenvalue weighted by Gasteiger charge is 2.14. The number of hydrogen-bond acceptors (Lipinski definition) is 4. The lowest BCUT2D eigenvalue weighted by Gasteiger charge is -2.12. The number of benzene rings is 1. The van der Waals surface area contributed by atoms with Crippen LogP contribution in [-0.4, -0.2) is 18.3 Å². The number of isocyanates is 1. The van der Waals surface area contributed by atoms with Gasteiger partial charge in [0.2, 0.25) is 6.08 Å². The number of halogens is 1. The van der Waals surface area contributed by atoms with E-state index in [0.717, 1.165) is 5.56 Å². The van der Waals surface area contributed by atoms with Crippen molar-refractivity contribution in [1.82, 2.24) is 0 Å². The van der Waals surface area contributed by atoms with Gasteiger partial charge in [0.05, 0.1) is 13.7 Å². The van der Waals surface area contributed by atoms with Gasteiger partial charge in [-0.15, -0.1) is 0 Å². The van der Waals surface area contributed by atoms with Crippen molar-refractivity contribution in [2.75, 3.05) is 7.11 Å². The van der Waals surface area contributed by atoms with Gasteiger partial charge in [0.15, 0.2) is 11.5 Å². The monoisotopic (exact) mass is 227 g/mol. The van der Waals surface area contributed by atoms with Crippen LogP contribution in [0, 0.1) is 6.92 Å². The van der Waals surface area contributed by atoms with E-state index in [4.69, 9.17) is 16.3 Å². The average molecular weight is 228 g/mol. The van der Waals surface area contributed by atoms with Crippen molar-refractivity contribution in [3.05, 3.63) is 22.2 Å². The van der Waals surface area contributed by atoms with E-state index in [0.29, 0.717) is 10.6 Å². The summed E-state index contributed by atoms with van der Waals surface area (Å²) in [6.07, 6.45) is 1.43. The molecule has 5 heteroatoms. The maximum atomic E-state index is 10.0. The number of aliphatic imine (C=N–C) groups is 1. The second kappa shape index (κ2) is 4.82. The summed E-state index contributed by atoms with van der Waals surface area (Å²) in [6.45, 7) is 1.85. The van der Waals surface area contributed by atoms with Gasteiger partial charge >= 0.3 is 0 Å². The predicted molar refractivity (Wildman–Crippen MR) is 56.2 cm³/mol. The fourth-order valence-electron chi connectivity index (χ4n) is 1.29. The molecule has 0 bridgehead atoms. The van der Waals surface area contributed by atoms with E-state index in [1.807, 2.05) is 0 Å². The third-order valence-electron chi connectivity index (χ3n) is 2.09. The van der Waals surface area contributed by atoms with E-state index in [1.165, 1.54) is 19.3 Å². The maximum Gasteiger partial charge on any atom is 0.235 e. The number of methoxy groups -OCH3 is 1. The largest absolute Gasteiger partial charge is 0.504 e. The van der Waals surface area contributed by atoms with Crippen LogP contribution in [0.5, 0.6) is 11.5 Å². The number of phenolic OH excluding ortho intramolecular Hbond substituents is 1. The normalized spacial score (nSPS) is 9.53. The second-order valence-electron chi connectivity index (χ2n) is 2.92. The summed E-state index contributed by atoms with van der Waals surface area (Å²) < 4.78 is 5.01. The molecule has 1 N–H and O–H groups in total. The smallest absolute Gasteiger partial charge is 0.235 e. The lowest BCUT2D eigenvalue weighted by Crippen LogP contribution is -1.95. The molecular weight excluding hydrogens is 218 g/mol. The van der Waals surface area contributed by atoms with Crippen molar-refractivity contribution in [1.29, 1.82) is 0 Å². The zero-order chi connectivity index (χ0) is 11.4. The molecule has 0 fully saturated rings. The molecule has 1 rings (SSSR count). The molecule has 80 valence electrons. The summed E-state index contributed by atoms with van der Waals surface area (Å²) in [5, 5.41) is 9.95. The second-order valence-corrected chi connectivity index (χ2v) is 3.33. The SMILES string of the molecule is COc1c(O)cc(Cl)c(C)c1CN=C=O. The van der Waals surface area contributed by atoms with Crippen molar-refractivity contribution >= 4 is 17.7 Å². The summed E-state index contributed by atoms with van der Waals surface area (Å²) in [5.41, 5.74) is 1.32. The molecule has 0 atom stereocenters. The number of nitrogens with zero attached hydrogens (tertiary/aromatic N) is 1. The Kier molecular flexibility index (Phi) is 3.72. The highest BCUT2D eigenvalue weighted by atomic mass is 35.5. The Hall–Kier alpha value is -1.51. The lowest BCUT2D eigenvalue weighted by atomic mass is 10.1. The van der Waals surface area contributed by atoms with Gasteiger partial charge < -0.3 is 9.84 Å². The van der Waals surface area contributed by atoms with E-state index in [1.54, 1.807) is 6.92 Å². The first-order chi connectivity index (χ1) is 7.11. The molecule has 1 aromatic carbocycles. The average Bonchev–Trinajstić information content (AvgIpc) is 2.21. The van der Waals surface area contributed by atoms with Gasteiger partial charge in [-0.1, -0.05) is 11.6 Å². The van der Waals surface area contributed by atoms with Crippen molar-refractivity contribution in [3.8, 4) is 11.5 Å². The van der Waals surface area contributed by atoms with Gasteiger partial charge in [-0.05, 0) is 12.5 Å². The number of hydrogen-bond donors (Lipinski definition) is 1. The highest BCUT2D eigenvalue weighted by molar-refractivity contribution is 6.31. The van der Waals surface area contributed by atoms with Crippen LogP contribution in [0.3, 0.4) is 0 Å². The minimum absolute atomic E-state index is 0.0656. The van der Waals surface area contributed by atoms with Gasteiger partial charge in [-0.2, -0.15) is 0 Å². The quantitative estimate of drug-likeness (QED) is 0.636. The molecule has 0 aliphatic heterocycles. The minimum atomic E-state index is -0.0656. The Bertz CT molecular complexity index is 425. The van der Waals surface area contributed by atoms with Crippen LogP contribution in [0.25, 0.3) is 0 Å². The van der Waals surface area contributed by atoms with Gasteiger partial charge in [-0.3, -0.25) is 0 Å². The zero-order valence-corrected chi connectivity index (χ0v) is 9.13. The standard InChI is InChI=1S/C10H10ClNO3/c1-6-7(4-12-5-13)10(15-2)9(14)3-8(6)11/h3,14H,4H2,1-2H3. The third kappa shape index (κ3) is 2.29. The van der Waals surface area contributed by atoms with E-state index in [9.17, 15) is 9.90 Å². The van der Waals surface area contributed by atoms with Crippen LogP contribution in [0.4, 0.5) is 0 Å². The van der Waals surface area contributed by atoms with E-state index in [2.05, 4.69) is 4.99 Å². The molecule has 0 spiro atoms. The number of ether oxygens (including phenoxy) is 1. The molecule has 0 heterocycles. The molecular formula is C10H10ClNO3. The third-order valence-corrected chi connectivity index (χ3v) is 2.48. The molecule has 0 aliphatic carbocycles. The number of carbonyl (C=O) groups excluding carboxylic acids is 1. The molecule has 0 aromatic heterocycles. The molecule has 0 unspecified atom stereocenters. The van der Waals surface area contributed by atoms with Gasteiger partial charge in [-0.25, -0.2) is 9.79 Å². The molecule has 4 nitrogen and oxygen atoms in total. The van der Waals surface area contributed by atoms with Crippen LogP contribution in [0.2, 0.25) is 5.02 Å². The van der Waals surface area contributed by atoms with Crippen LogP contribution in [-0.2, 0) is 11.3 Å². The maximum absolute atomic E-state index is 10.0. The van der Waals surface area contributed by atoms with Crippen LogP contribution in [0.1, 0.15) is 11.1 Å². The summed E-state index contributed by atoms with van der Waals surface area (Å²) >= 11 is 5.87. The topological polar surface area (TPSA) is 58.9 Å². The molecule has 0 amide bonds. The highest BCUT2D eigenvalue weighted by Crippen LogP contribution is 2.37. The fraction of sp³-hybridized carbons (Fsp3) is 0.300. The van der Waals surface area contributed by atoms with Crippen molar-refractivity contribution in [3.63, 3.8) is 0 Å². The van der Waals surface area contributed by atoms with Crippen LogP contribution < -0.4 is 4.74 Å². The molecule has 1 aromatic rings. The first-order valence-electron chi connectivity index (χ1n) is 4.20. The van der Waals surface area contributed by atoms with Gasteiger partial charge in [0, 0.05) is 16.7 Å². The van der Waals surface area contributed by atoms with E-state index < -0.39 is 0 Å². The summed E-state index contributed by atoms with van der Waals surface area (Å²) in [7, 11) is 1.43. The molecule has 0 saturated carbocycles. The van der Waals surface area contributed by atoms with E-state index >= 15 is 0 Å². The Morgan fingerprint density at radius 1 is 1.67 bits per heavy atom. The van der Waals surface area contributed by atoms with Crippen LogP contribution >= 0.6 is 11.6 Å². The molecule has 0 aliphatic rings. The molecule has 0 radical (unpaired) electrons. The van der Waals surface area contributed by atoms with Crippen molar-refractivity contribution in [2.24, 2.45) is 4.99 Å². The fourth-order valence-corrected chi connectivity index (χ4v) is 1.51. The molecule has 0 saturated heterocycles. The van der Waals surface area contributed by atoms with Gasteiger partial charge in [0.1, 0.15) is 0 Å². The number of aromatic hydroxyl groups is 1. The Balaban J connectivity index is 3.35. The van der Waals surface area contributed by atoms with E-state index in [-0.39, 0.29) is 18.0 Å². The number of rotatable bonds is 3. The summed E-state index contributed by atoms with van der Waals surface area (Å²) in [4.78, 5) is 13.5. The summed E-state index contributed by atoms with van der Waals surface area (Å²) in [6, 6.07) is 1.39. The van der Waals surface area contributed by atoms with Crippen molar-refractivity contribution < 1.29 is 14.6 Å². The Labute approximate surface area is 92.2 Å². The van der Waals surface area contributed by atoms with Gasteiger partial charge in [0.25, 0.3) is 0 Å². The number of phenols is 1. The minimum Gasteiger partial charge on any atom is -0.504 e. The first kappa shape index (κ1) is 11.6. The summed E-state index contributed by atoms with van der Waals surface area (Å²) in [5.74, 6) is 0.222. The Morgan fingerprint density at radius 2 is 2.33 bits per heavy atom. The Morgan fingerprint density at radius 3 is 2.87 bits per heavy atom. The van der Waals surface area contributed by atoms with Crippen LogP contribution in [0.15, 0.2) is 11.1 Å². The van der Waals surface area contributed by atoms with Crippen molar-refractivity contribution in [2.45, 2.75) is 13.5 Å². The molecule has 15 heavy (non-hydrogen) atoms.